The maximum Gasteiger partial charge on any atom is 0.433 e. The minimum atomic E-state index is -4.55. The number of esters is 1. The molecule has 0 radical (unpaired) electrons. The number of aromatic nitrogens is 2. The number of hydrogen-bond donors (Lipinski definition) is 1. The van der Waals surface area contributed by atoms with Gasteiger partial charge >= 0.3 is 12.1 Å². The molecule has 0 saturated carbocycles. The molecule has 0 bridgehead atoms. The van der Waals surface area contributed by atoms with Crippen molar-refractivity contribution in [2.75, 3.05) is 5.32 Å². The third-order valence-electron chi connectivity index (χ3n) is 3.02. The number of halogens is 3. The van der Waals surface area contributed by atoms with Gasteiger partial charge in [-0.15, -0.1) is 11.3 Å². The van der Waals surface area contributed by atoms with Crippen molar-refractivity contribution in [1.29, 1.82) is 0 Å². The van der Waals surface area contributed by atoms with Crippen molar-refractivity contribution < 1.29 is 22.7 Å². The van der Waals surface area contributed by atoms with Crippen molar-refractivity contribution >= 4 is 28.7 Å². The van der Waals surface area contributed by atoms with E-state index in [2.05, 4.69) is 15.3 Å². The molecule has 3 aromatic heterocycles. The van der Waals surface area contributed by atoms with E-state index < -0.39 is 17.8 Å². The molecular formula is C16H10F3N3O2S. The molecule has 0 unspecified atom stereocenters. The van der Waals surface area contributed by atoms with E-state index in [1.165, 1.54) is 18.5 Å². The molecular weight excluding hydrogens is 355 g/mol. The number of carbonyl (C=O) groups excluding carboxylic acids is 1. The van der Waals surface area contributed by atoms with Crippen LogP contribution in [-0.4, -0.2) is 15.9 Å². The van der Waals surface area contributed by atoms with E-state index in [4.69, 9.17) is 4.74 Å². The SMILES string of the molecule is O=C(Oc1cccnc1)c1sccc1Nc1ccnc(C(F)(F)F)c1. The second-order valence-electron chi connectivity index (χ2n) is 4.79. The fraction of sp³-hybridized carbons (Fsp3) is 0.0625. The number of ether oxygens (including phenoxy) is 1. The van der Waals surface area contributed by atoms with E-state index in [9.17, 15) is 18.0 Å². The standard InChI is InChI=1S/C16H10F3N3O2S/c17-16(18,19)13-8-10(3-6-21-13)22-12-4-7-25-14(12)15(23)24-11-2-1-5-20-9-11/h1-9H,(H,21,22). The Bertz CT molecular complexity index is 882. The summed E-state index contributed by atoms with van der Waals surface area (Å²) in [5.41, 5.74) is -0.512. The average molecular weight is 365 g/mol. The van der Waals surface area contributed by atoms with Gasteiger partial charge in [0.1, 0.15) is 16.3 Å². The van der Waals surface area contributed by atoms with Crippen LogP contribution < -0.4 is 10.1 Å². The van der Waals surface area contributed by atoms with Crippen molar-refractivity contribution in [1.82, 2.24) is 9.97 Å². The van der Waals surface area contributed by atoms with Crippen LogP contribution in [0.4, 0.5) is 24.5 Å². The molecule has 25 heavy (non-hydrogen) atoms. The lowest BCUT2D eigenvalue weighted by molar-refractivity contribution is -0.141. The zero-order chi connectivity index (χ0) is 17.9. The number of pyridine rings is 2. The van der Waals surface area contributed by atoms with Crippen molar-refractivity contribution in [2.45, 2.75) is 6.18 Å². The third kappa shape index (κ3) is 4.13. The van der Waals surface area contributed by atoms with Crippen LogP contribution in [0.25, 0.3) is 0 Å². The fourth-order valence-electron chi connectivity index (χ4n) is 1.95. The van der Waals surface area contributed by atoms with Crippen LogP contribution in [0, 0.1) is 0 Å². The molecule has 0 aliphatic heterocycles. The smallest absolute Gasteiger partial charge is 0.421 e. The Morgan fingerprint density at radius 2 is 2.04 bits per heavy atom. The van der Waals surface area contributed by atoms with Gasteiger partial charge in [-0.3, -0.25) is 9.97 Å². The zero-order valence-electron chi connectivity index (χ0n) is 12.4. The normalized spacial score (nSPS) is 11.2. The Morgan fingerprint density at radius 3 is 2.76 bits per heavy atom. The third-order valence-corrected chi connectivity index (χ3v) is 3.92. The lowest BCUT2D eigenvalue weighted by atomic mass is 10.3. The molecule has 0 atom stereocenters. The summed E-state index contributed by atoms with van der Waals surface area (Å²) in [7, 11) is 0. The lowest BCUT2D eigenvalue weighted by Crippen LogP contribution is -2.10. The van der Waals surface area contributed by atoms with Crippen molar-refractivity contribution in [3.05, 3.63) is 64.9 Å². The van der Waals surface area contributed by atoms with Gasteiger partial charge in [0, 0.05) is 18.1 Å². The maximum atomic E-state index is 12.7. The van der Waals surface area contributed by atoms with E-state index in [-0.39, 0.29) is 16.3 Å². The number of carbonyl (C=O) groups is 1. The number of nitrogens with zero attached hydrogens (tertiary/aromatic N) is 2. The van der Waals surface area contributed by atoms with Gasteiger partial charge in [0.25, 0.3) is 0 Å². The fourth-order valence-corrected chi connectivity index (χ4v) is 2.67. The number of hydrogen-bond acceptors (Lipinski definition) is 6. The van der Waals surface area contributed by atoms with Crippen LogP contribution in [0.15, 0.2) is 54.3 Å². The molecule has 9 heteroatoms. The maximum absolute atomic E-state index is 12.7. The molecule has 1 N–H and O–H groups in total. The van der Waals surface area contributed by atoms with Crippen molar-refractivity contribution in [3.63, 3.8) is 0 Å². The van der Waals surface area contributed by atoms with Gasteiger partial charge in [-0.05, 0) is 35.7 Å². The minimum absolute atomic E-state index is 0.163. The Kier molecular flexibility index (Phi) is 4.66. The molecule has 128 valence electrons. The number of anilines is 2. The first-order valence-electron chi connectivity index (χ1n) is 6.93. The number of thiophene rings is 1. The predicted molar refractivity (Wildman–Crippen MR) is 86.0 cm³/mol. The molecule has 0 saturated heterocycles. The van der Waals surface area contributed by atoms with Gasteiger partial charge in [-0.1, -0.05) is 0 Å². The predicted octanol–water partition coefficient (Wildman–Crippen LogP) is 4.52. The van der Waals surface area contributed by atoms with E-state index in [1.54, 1.807) is 23.6 Å². The van der Waals surface area contributed by atoms with Gasteiger partial charge in [-0.25, -0.2) is 4.79 Å². The summed E-state index contributed by atoms with van der Waals surface area (Å²) in [4.78, 5) is 19.6. The van der Waals surface area contributed by atoms with Crippen LogP contribution in [0.1, 0.15) is 15.4 Å². The highest BCUT2D eigenvalue weighted by Crippen LogP contribution is 2.31. The van der Waals surface area contributed by atoms with Gasteiger partial charge in [-0.2, -0.15) is 13.2 Å². The molecule has 0 amide bonds. The van der Waals surface area contributed by atoms with Gasteiger partial charge in [0.05, 0.1) is 11.9 Å². The van der Waals surface area contributed by atoms with Gasteiger partial charge < -0.3 is 10.1 Å². The Hall–Kier alpha value is -2.94. The summed E-state index contributed by atoms with van der Waals surface area (Å²) in [6, 6.07) is 7.02. The molecule has 0 aromatic carbocycles. The highest BCUT2D eigenvalue weighted by Gasteiger charge is 2.32. The number of nitrogens with one attached hydrogen (secondary N) is 1. The first-order chi connectivity index (χ1) is 11.9. The largest absolute Gasteiger partial charge is 0.433 e. The average Bonchev–Trinajstić information content (AvgIpc) is 3.03. The first kappa shape index (κ1) is 16.9. The molecule has 3 aromatic rings. The minimum Gasteiger partial charge on any atom is -0.421 e. The molecule has 0 aliphatic rings. The van der Waals surface area contributed by atoms with Crippen LogP contribution in [-0.2, 0) is 6.18 Å². The zero-order valence-corrected chi connectivity index (χ0v) is 13.3. The summed E-state index contributed by atoms with van der Waals surface area (Å²) in [5.74, 6) is -0.356. The van der Waals surface area contributed by atoms with Crippen LogP contribution >= 0.6 is 11.3 Å². The van der Waals surface area contributed by atoms with E-state index in [0.29, 0.717) is 5.69 Å². The molecule has 3 rings (SSSR count). The monoisotopic (exact) mass is 365 g/mol. The summed E-state index contributed by atoms with van der Waals surface area (Å²) >= 11 is 1.11. The molecule has 5 nitrogen and oxygen atoms in total. The van der Waals surface area contributed by atoms with E-state index in [1.807, 2.05) is 0 Å². The Morgan fingerprint density at radius 1 is 1.20 bits per heavy atom. The molecule has 0 fully saturated rings. The Labute approximate surface area is 144 Å². The van der Waals surface area contributed by atoms with E-state index >= 15 is 0 Å². The summed E-state index contributed by atoms with van der Waals surface area (Å²) < 4.78 is 43.4. The second-order valence-corrected chi connectivity index (χ2v) is 5.71. The summed E-state index contributed by atoms with van der Waals surface area (Å²) in [6.07, 6.45) is -0.576. The van der Waals surface area contributed by atoms with Crippen molar-refractivity contribution in [3.8, 4) is 5.75 Å². The molecule has 3 heterocycles. The van der Waals surface area contributed by atoms with Gasteiger partial charge in [0.15, 0.2) is 0 Å². The van der Waals surface area contributed by atoms with Gasteiger partial charge in [0.2, 0.25) is 0 Å². The molecule has 0 aliphatic carbocycles. The highest BCUT2D eigenvalue weighted by atomic mass is 32.1. The van der Waals surface area contributed by atoms with Crippen LogP contribution in [0.2, 0.25) is 0 Å². The summed E-state index contributed by atoms with van der Waals surface area (Å²) in [6.45, 7) is 0. The van der Waals surface area contributed by atoms with Crippen LogP contribution in [0.5, 0.6) is 5.75 Å². The van der Waals surface area contributed by atoms with Crippen LogP contribution in [0.3, 0.4) is 0 Å². The molecule has 0 spiro atoms. The summed E-state index contributed by atoms with van der Waals surface area (Å²) in [5, 5.41) is 4.42. The van der Waals surface area contributed by atoms with E-state index in [0.717, 1.165) is 23.6 Å². The van der Waals surface area contributed by atoms with Crippen molar-refractivity contribution in [2.24, 2.45) is 0 Å². The number of alkyl halides is 3. The lowest BCUT2D eigenvalue weighted by Gasteiger charge is -2.10. The quantitative estimate of drug-likeness (QED) is 0.689. The second kappa shape index (κ2) is 6.89. The number of rotatable bonds is 4. The Balaban J connectivity index is 1.79. The first-order valence-corrected chi connectivity index (χ1v) is 7.81. The topological polar surface area (TPSA) is 64.1 Å². The highest BCUT2D eigenvalue weighted by molar-refractivity contribution is 7.12.